The Morgan fingerprint density at radius 3 is 2.50 bits per heavy atom. The molecule has 28 heavy (non-hydrogen) atoms. The first kappa shape index (κ1) is 19.4. The lowest BCUT2D eigenvalue weighted by atomic mass is 9.93. The van der Waals surface area contributed by atoms with Crippen LogP contribution in [0.2, 0.25) is 0 Å². The Bertz CT molecular complexity index is 985. The number of aliphatic carboxylic acids is 1. The third-order valence-electron chi connectivity index (χ3n) is 5.68. The Morgan fingerprint density at radius 2 is 1.86 bits per heavy atom. The fraction of sp³-hybridized carbons (Fsp3) is 0.421. The number of carboxylic acid groups (broad SMARTS) is 1. The van der Waals surface area contributed by atoms with Crippen LogP contribution < -0.4 is 9.62 Å². The number of sulfonamides is 1. The van der Waals surface area contributed by atoms with Crippen molar-refractivity contribution < 1.29 is 23.1 Å². The van der Waals surface area contributed by atoms with Crippen LogP contribution in [-0.2, 0) is 25.0 Å². The van der Waals surface area contributed by atoms with Gasteiger partial charge in [0.2, 0.25) is 0 Å². The molecule has 4 rings (SSSR count). The molecular weight excluding hydrogens is 400 g/mol. The summed E-state index contributed by atoms with van der Waals surface area (Å²) in [7, 11) is -3.97. The maximum absolute atomic E-state index is 13.0. The monoisotopic (exact) mass is 422 g/mol. The number of ether oxygens (including phenoxy) is 1. The van der Waals surface area contributed by atoms with E-state index < -0.39 is 26.9 Å². The highest BCUT2D eigenvalue weighted by Gasteiger charge is 2.72. The zero-order chi connectivity index (χ0) is 20.0. The van der Waals surface area contributed by atoms with Crippen LogP contribution in [0.25, 0.3) is 0 Å². The van der Waals surface area contributed by atoms with Crippen molar-refractivity contribution in [2.24, 2.45) is 0 Å². The third-order valence-corrected chi connectivity index (χ3v) is 8.81. The topological polar surface area (TPSA) is 95.9 Å². The van der Waals surface area contributed by atoms with Gasteiger partial charge in [-0.2, -0.15) is 4.72 Å². The average molecular weight is 423 g/mol. The summed E-state index contributed by atoms with van der Waals surface area (Å²) in [5, 5.41) is 10.7. The Balaban J connectivity index is 1.60. The predicted molar refractivity (Wildman–Crippen MR) is 106 cm³/mol. The summed E-state index contributed by atoms with van der Waals surface area (Å²) >= 11 is 1.15. The van der Waals surface area contributed by atoms with Gasteiger partial charge in [0.1, 0.15) is 9.75 Å². The van der Waals surface area contributed by atoms with Crippen LogP contribution in [-0.4, -0.2) is 51.3 Å². The van der Waals surface area contributed by atoms with Crippen molar-refractivity contribution >= 4 is 32.3 Å². The molecule has 1 saturated carbocycles. The van der Waals surface area contributed by atoms with Gasteiger partial charge in [0, 0.05) is 18.5 Å². The van der Waals surface area contributed by atoms with Gasteiger partial charge < -0.3 is 14.7 Å². The van der Waals surface area contributed by atoms with Gasteiger partial charge in [-0.3, -0.25) is 4.79 Å². The van der Waals surface area contributed by atoms with E-state index in [1.807, 2.05) is 30.3 Å². The SMILES string of the molecule is CC1(c2ccccc2)CC1(NS(=O)(=O)c1ccc(N2CCOCC2)s1)C(=O)O. The third kappa shape index (κ3) is 3.12. The normalized spacial score (nSPS) is 27.5. The van der Waals surface area contributed by atoms with E-state index >= 15 is 0 Å². The molecule has 0 amide bonds. The van der Waals surface area contributed by atoms with Gasteiger partial charge in [-0.15, -0.1) is 11.3 Å². The minimum Gasteiger partial charge on any atom is -0.480 e. The Hall–Kier alpha value is -1.94. The first-order chi connectivity index (χ1) is 13.3. The van der Waals surface area contributed by atoms with Gasteiger partial charge in [0.15, 0.2) is 0 Å². The van der Waals surface area contributed by atoms with Crippen molar-refractivity contribution in [3.05, 3.63) is 48.0 Å². The highest BCUT2D eigenvalue weighted by molar-refractivity contribution is 7.91. The average Bonchev–Trinajstić information content (AvgIpc) is 3.06. The summed E-state index contributed by atoms with van der Waals surface area (Å²) in [6.07, 6.45) is 0.209. The summed E-state index contributed by atoms with van der Waals surface area (Å²) in [5.74, 6) is -1.16. The molecule has 0 radical (unpaired) electrons. The van der Waals surface area contributed by atoms with Crippen LogP contribution in [0.5, 0.6) is 0 Å². The second kappa shape index (κ2) is 6.84. The quantitative estimate of drug-likeness (QED) is 0.740. The lowest BCUT2D eigenvalue weighted by molar-refractivity contribution is -0.140. The van der Waals surface area contributed by atoms with Crippen molar-refractivity contribution in [2.45, 2.75) is 28.5 Å². The number of carboxylic acids is 1. The van der Waals surface area contributed by atoms with Crippen LogP contribution in [0.3, 0.4) is 0 Å². The van der Waals surface area contributed by atoms with E-state index in [0.717, 1.165) is 21.9 Å². The fourth-order valence-electron chi connectivity index (χ4n) is 3.83. The van der Waals surface area contributed by atoms with Crippen molar-refractivity contribution in [3.8, 4) is 0 Å². The van der Waals surface area contributed by atoms with E-state index in [1.165, 1.54) is 6.07 Å². The zero-order valence-electron chi connectivity index (χ0n) is 15.4. The molecule has 2 atom stereocenters. The lowest BCUT2D eigenvalue weighted by Gasteiger charge is -2.27. The largest absolute Gasteiger partial charge is 0.480 e. The van der Waals surface area contributed by atoms with E-state index in [4.69, 9.17) is 4.74 Å². The summed E-state index contributed by atoms with van der Waals surface area (Å²) in [6.45, 7) is 4.41. The van der Waals surface area contributed by atoms with Crippen molar-refractivity contribution in [2.75, 3.05) is 31.2 Å². The predicted octanol–water partition coefficient (Wildman–Crippen LogP) is 2.05. The molecule has 2 N–H and O–H groups in total. The van der Waals surface area contributed by atoms with E-state index in [9.17, 15) is 18.3 Å². The maximum atomic E-state index is 13.0. The number of nitrogens with zero attached hydrogens (tertiary/aromatic N) is 1. The molecule has 0 spiro atoms. The molecule has 1 aliphatic carbocycles. The van der Waals surface area contributed by atoms with E-state index in [0.29, 0.717) is 26.3 Å². The highest BCUT2D eigenvalue weighted by Crippen LogP contribution is 2.58. The molecule has 2 fully saturated rings. The van der Waals surface area contributed by atoms with Gasteiger partial charge in [-0.1, -0.05) is 37.3 Å². The molecule has 1 aliphatic heterocycles. The number of nitrogens with one attached hydrogen (secondary N) is 1. The molecule has 2 aliphatic rings. The van der Waals surface area contributed by atoms with E-state index in [2.05, 4.69) is 9.62 Å². The van der Waals surface area contributed by atoms with Crippen molar-refractivity contribution in [1.29, 1.82) is 0 Å². The van der Waals surface area contributed by atoms with E-state index in [1.54, 1.807) is 13.0 Å². The molecular formula is C19H22N2O5S2. The van der Waals surface area contributed by atoms with Gasteiger partial charge >= 0.3 is 5.97 Å². The number of morpholine rings is 1. The second-order valence-electron chi connectivity index (χ2n) is 7.38. The minimum absolute atomic E-state index is 0.122. The standard InChI is InChI=1S/C19H22N2O5S2/c1-18(14-5-3-2-4-6-14)13-19(18,17(22)23)20-28(24,25)16-8-7-15(27-16)21-9-11-26-12-10-21/h2-8,20H,9-13H2,1H3,(H,22,23). The van der Waals surface area contributed by atoms with Crippen molar-refractivity contribution in [3.63, 3.8) is 0 Å². The van der Waals surface area contributed by atoms with E-state index in [-0.39, 0.29) is 10.6 Å². The smallest absolute Gasteiger partial charge is 0.325 e. The molecule has 1 aromatic heterocycles. The summed E-state index contributed by atoms with van der Waals surface area (Å²) in [5.41, 5.74) is -1.53. The van der Waals surface area contributed by atoms with Gasteiger partial charge in [-0.25, -0.2) is 8.42 Å². The first-order valence-corrected chi connectivity index (χ1v) is 11.3. The number of hydrogen-bond acceptors (Lipinski definition) is 6. The molecule has 2 unspecified atom stereocenters. The van der Waals surface area contributed by atoms with Crippen LogP contribution in [0.15, 0.2) is 46.7 Å². The molecule has 2 heterocycles. The zero-order valence-corrected chi connectivity index (χ0v) is 17.1. The molecule has 9 heteroatoms. The Kier molecular flexibility index (Phi) is 4.73. The molecule has 1 aromatic carbocycles. The number of benzene rings is 1. The minimum atomic E-state index is -3.97. The van der Waals surface area contributed by atoms with Gasteiger partial charge in [0.25, 0.3) is 10.0 Å². The molecule has 7 nitrogen and oxygen atoms in total. The molecule has 2 aromatic rings. The summed E-state index contributed by atoms with van der Waals surface area (Å²) in [4.78, 5) is 14.2. The summed E-state index contributed by atoms with van der Waals surface area (Å²) < 4.78 is 34.0. The number of thiophene rings is 1. The van der Waals surface area contributed by atoms with Crippen molar-refractivity contribution in [1.82, 2.24) is 4.72 Å². The molecule has 0 bridgehead atoms. The Labute approximate surface area is 168 Å². The van der Waals surface area contributed by atoms with Gasteiger partial charge in [-0.05, 0) is 24.1 Å². The highest BCUT2D eigenvalue weighted by atomic mass is 32.2. The Morgan fingerprint density at radius 1 is 1.18 bits per heavy atom. The number of carbonyl (C=O) groups is 1. The van der Waals surface area contributed by atoms with Crippen LogP contribution in [0.4, 0.5) is 5.00 Å². The summed E-state index contributed by atoms with van der Waals surface area (Å²) in [6, 6.07) is 12.5. The number of hydrogen-bond donors (Lipinski definition) is 2. The first-order valence-electron chi connectivity index (χ1n) is 9.04. The number of anilines is 1. The fourth-order valence-corrected chi connectivity index (χ4v) is 6.63. The maximum Gasteiger partial charge on any atom is 0.325 e. The van der Waals surface area contributed by atoms with Crippen LogP contribution in [0.1, 0.15) is 18.9 Å². The molecule has 150 valence electrons. The lowest BCUT2D eigenvalue weighted by Crippen LogP contribution is -2.47. The van der Waals surface area contributed by atoms with Gasteiger partial charge in [0.05, 0.1) is 18.2 Å². The van der Waals surface area contributed by atoms with Crippen LogP contribution >= 0.6 is 11.3 Å². The molecule has 1 saturated heterocycles. The second-order valence-corrected chi connectivity index (χ2v) is 10.4. The van der Waals surface area contributed by atoms with Crippen LogP contribution in [0, 0.1) is 0 Å². The number of rotatable bonds is 6.